The number of nitrogens with zero attached hydrogens (tertiary/aromatic N) is 8. The highest BCUT2D eigenvalue weighted by atomic mass is 16.5. The highest BCUT2D eigenvalue weighted by molar-refractivity contribution is 6.01. The Bertz CT molecular complexity index is 3320. The fourth-order valence-corrected chi connectivity index (χ4v) is 13.7. The second-order valence-electron chi connectivity index (χ2n) is 30.3. The fourth-order valence-electron chi connectivity index (χ4n) is 13.7. The van der Waals surface area contributed by atoms with Gasteiger partial charge in [0.15, 0.2) is 0 Å². The van der Waals surface area contributed by atoms with E-state index < -0.39 is 162 Å². The average Bonchev–Trinajstić information content (AvgIpc) is 0.813. The van der Waals surface area contributed by atoms with Crippen molar-refractivity contribution in [3.8, 4) is 5.75 Å². The van der Waals surface area contributed by atoms with Crippen molar-refractivity contribution in [2.24, 2.45) is 29.6 Å². The molecule has 105 heavy (non-hydrogen) atoms. The monoisotopic (exact) mass is 1470 g/mol. The van der Waals surface area contributed by atoms with Gasteiger partial charge in [0.2, 0.25) is 70.9 Å². The predicted molar refractivity (Wildman–Crippen MR) is 399 cm³/mol. The van der Waals surface area contributed by atoms with Crippen LogP contribution < -0.4 is 31.3 Å². The van der Waals surface area contributed by atoms with Gasteiger partial charge < -0.3 is 75.6 Å². The summed E-state index contributed by atoms with van der Waals surface area (Å²) in [6, 6.07) is -0.212. The van der Waals surface area contributed by atoms with Crippen LogP contribution in [0.5, 0.6) is 5.75 Å². The molecule has 2 heterocycles. The Balaban J connectivity index is 2.05. The van der Waals surface area contributed by atoms with E-state index in [0.717, 1.165) is 16.2 Å². The Morgan fingerprint density at radius 1 is 0.524 bits per heavy atom. The quantitative estimate of drug-likeness (QED) is 0.117. The third kappa shape index (κ3) is 24.4. The van der Waals surface area contributed by atoms with E-state index in [2.05, 4.69) is 26.6 Å². The molecular weight excluding hydrogens is 1350 g/mol. The van der Waals surface area contributed by atoms with Crippen molar-refractivity contribution in [3.63, 3.8) is 0 Å². The van der Waals surface area contributed by atoms with Gasteiger partial charge in [-0.25, -0.2) is 0 Å². The molecule has 4 rings (SSSR count). The van der Waals surface area contributed by atoms with Crippen molar-refractivity contribution >= 4 is 76.8 Å². The molecule has 0 saturated carbocycles. The number of hydrogen-bond donors (Lipinski definition) is 6. The van der Waals surface area contributed by atoms with E-state index in [1.165, 1.54) is 101 Å². The smallest absolute Gasteiger partial charge is 0.254 e. The van der Waals surface area contributed by atoms with E-state index in [1.807, 2.05) is 55.4 Å². The first-order valence-electron chi connectivity index (χ1n) is 37.2. The van der Waals surface area contributed by atoms with Gasteiger partial charge in [0.1, 0.15) is 66.2 Å². The standard InChI is InChI=1S/C77H123N13O15/c1-22-49(11)66-71(98)82-65(50(12)91)77(104)83(14)44-64(93)84(15)57(23-2)68(95)81-56(74(101)90-34-28-25-29-35-90)43-63(92)85(16)58(37-46(5)6)69(96)80-55(40-52-32-33-53(67(94)78-13)62(42-52)105-21)73(100)87(18)60(38-47(7)8)75(102)86(17)59(41-51-30-26-24-27-31-51)70(97)79-54(36-45(3)4)72(99)88(19)61(39-48(9)10)76(103)89(66)20/h24,26-27,30-33,42,45-50,54-61,65-66,91H,22-23,25,28-29,34-41,43-44H2,1-21H3,(H,78,94)(H,79,97)(H,80,96)(H,81,95)(H,82,98)/t49-,50+,54-,55-,56-,57-,58-,59-,60-,61-,65-,66-/m0/s1. The lowest BCUT2D eigenvalue weighted by atomic mass is 9.93. The van der Waals surface area contributed by atoms with Gasteiger partial charge in [0, 0.05) is 82.3 Å². The van der Waals surface area contributed by atoms with E-state index in [-0.39, 0.29) is 79.9 Å². The van der Waals surface area contributed by atoms with Gasteiger partial charge in [-0.15, -0.1) is 0 Å². The summed E-state index contributed by atoms with van der Waals surface area (Å²) < 4.78 is 5.65. The van der Waals surface area contributed by atoms with Crippen molar-refractivity contribution < 1.29 is 72.2 Å². The first-order chi connectivity index (χ1) is 49.3. The van der Waals surface area contributed by atoms with E-state index >= 15 is 33.6 Å². The molecular formula is C77H123N13O15. The molecule has 13 amide bonds. The predicted octanol–water partition coefficient (Wildman–Crippen LogP) is 3.64. The molecule has 2 aromatic carbocycles. The number of nitrogens with one attached hydrogen (secondary N) is 5. The van der Waals surface area contributed by atoms with Crippen molar-refractivity contribution in [1.82, 2.24) is 65.8 Å². The Morgan fingerprint density at radius 3 is 1.53 bits per heavy atom. The first-order valence-corrected chi connectivity index (χ1v) is 37.2. The van der Waals surface area contributed by atoms with Crippen LogP contribution in [0.3, 0.4) is 0 Å². The minimum absolute atomic E-state index is 0.00850. The number of methoxy groups -OCH3 is 1. The normalized spacial score (nSPS) is 24.6. The Morgan fingerprint density at radius 2 is 1.02 bits per heavy atom. The molecule has 28 heteroatoms. The van der Waals surface area contributed by atoms with E-state index in [9.17, 15) is 33.9 Å². The highest BCUT2D eigenvalue weighted by Crippen LogP contribution is 2.27. The molecule has 2 aromatic rings. The number of ether oxygens (including phenoxy) is 1. The number of piperidine rings is 1. The van der Waals surface area contributed by atoms with Gasteiger partial charge in [-0.05, 0) is 111 Å². The number of likely N-dealkylation sites (N-methyl/N-ethyl adjacent to an activating group) is 7. The van der Waals surface area contributed by atoms with Crippen LogP contribution in [0.15, 0.2) is 48.5 Å². The maximum Gasteiger partial charge on any atom is 0.254 e. The summed E-state index contributed by atoms with van der Waals surface area (Å²) >= 11 is 0. The number of amides is 13. The van der Waals surface area contributed by atoms with Gasteiger partial charge in [0.25, 0.3) is 5.91 Å². The zero-order chi connectivity index (χ0) is 79.2. The lowest BCUT2D eigenvalue weighted by Crippen LogP contribution is -2.62. The second kappa shape index (κ2) is 41.3. The topological polar surface area (TPSA) is 337 Å². The van der Waals surface area contributed by atoms with Gasteiger partial charge in [-0.1, -0.05) is 119 Å². The lowest BCUT2D eigenvalue weighted by molar-refractivity contribution is -0.152. The number of carbonyl (C=O) groups is 13. The number of aliphatic hydroxyl groups excluding tert-OH is 1. The third-order valence-corrected chi connectivity index (χ3v) is 20.2. The lowest BCUT2D eigenvalue weighted by Gasteiger charge is -2.39. The number of likely N-dealkylation sites (tertiary alicyclic amines) is 1. The number of carbonyl (C=O) groups excluding carboxylic acids is 13. The van der Waals surface area contributed by atoms with Crippen LogP contribution in [0.2, 0.25) is 0 Å². The number of hydrogen-bond acceptors (Lipinski definition) is 15. The molecule has 2 fully saturated rings. The average molecular weight is 1470 g/mol. The van der Waals surface area contributed by atoms with Gasteiger partial charge >= 0.3 is 0 Å². The van der Waals surface area contributed by atoms with Crippen molar-refractivity contribution in [1.29, 1.82) is 0 Å². The zero-order valence-corrected chi connectivity index (χ0v) is 66.2. The molecule has 6 N–H and O–H groups in total. The fraction of sp³-hybridized carbons (Fsp3) is 0.675. The van der Waals surface area contributed by atoms with Crippen LogP contribution in [0.4, 0.5) is 0 Å². The minimum atomic E-state index is -1.67. The number of aliphatic hydroxyl groups is 1. The molecule has 0 aromatic heterocycles. The summed E-state index contributed by atoms with van der Waals surface area (Å²) in [4.78, 5) is 204. The van der Waals surface area contributed by atoms with E-state index in [0.29, 0.717) is 43.5 Å². The summed E-state index contributed by atoms with van der Waals surface area (Å²) in [7, 11) is 12.6. The van der Waals surface area contributed by atoms with Gasteiger partial charge in [-0.2, -0.15) is 0 Å². The van der Waals surface area contributed by atoms with Crippen LogP contribution in [0.25, 0.3) is 0 Å². The van der Waals surface area contributed by atoms with Gasteiger partial charge in [0.05, 0.1) is 31.7 Å². The van der Waals surface area contributed by atoms with Crippen LogP contribution in [0, 0.1) is 29.6 Å². The van der Waals surface area contributed by atoms with Crippen LogP contribution >= 0.6 is 0 Å². The maximum atomic E-state index is 15.8. The maximum absolute atomic E-state index is 15.8. The van der Waals surface area contributed by atoms with Crippen molar-refractivity contribution in [3.05, 3.63) is 65.2 Å². The van der Waals surface area contributed by atoms with Crippen molar-refractivity contribution in [2.45, 2.75) is 227 Å². The Labute approximate surface area is 622 Å². The van der Waals surface area contributed by atoms with E-state index in [1.54, 1.807) is 68.1 Å². The Kier molecular flexibility index (Phi) is 34.9. The molecule has 0 unspecified atom stereocenters. The van der Waals surface area contributed by atoms with Crippen LogP contribution in [-0.2, 0) is 70.4 Å². The molecule has 0 spiro atoms. The van der Waals surface area contributed by atoms with Crippen LogP contribution in [0.1, 0.15) is 169 Å². The summed E-state index contributed by atoms with van der Waals surface area (Å²) in [5.74, 6) is -10.7. The number of benzene rings is 2. The van der Waals surface area contributed by atoms with E-state index in [4.69, 9.17) is 4.74 Å². The zero-order valence-electron chi connectivity index (χ0n) is 66.2. The third-order valence-electron chi connectivity index (χ3n) is 20.2. The second-order valence-corrected chi connectivity index (χ2v) is 30.3. The highest BCUT2D eigenvalue weighted by Gasteiger charge is 2.45. The molecule has 0 radical (unpaired) electrons. The van der Waals surface area contributed by atoms with Crippen molar-refractivity contribution in [2.75, 3.05) is 83.1 Å². The van der Waals surface area contributed by atoms with Gasteiger partial charge in [-0.3, -0.25) is 62.3 Å². The molecule has 0 aliphatic carbocycles. The number of rotatable bonds is 19. The molecule has 2 saturated heterocycles. The Hall–Kier alpha value is -8.69. The largest absolute Gasteiger partial charge is 0.496 e. The summed E-state index contributed by atoms with van der Waals surface area (Å²) in [6.07, 6.45) is 0.198. The summed E-state index contributed by atoms with van der Waals surface area (Å²) in [5.41, 5.74) is 1.23. The molecule has 2 aliphatic rings. The SMILES string of the molecule is CC[C@H](C)[C@H]1C(=O)N[C@@H]([C@@H](C)O)C(=O)N(C)CC(=O)N(C)[C@@H](CC)C(=O)N[C@H](C(=O)N2CCCCC2)CC(=O)N(C)[C@@H](CC(C)C)C(=O)N[C@@H](Cc2ccc(C(=O)NC)c(OC)c2)C(=O)N(C)[C@@H](CC(C)C)C(=O)N(C)[C@@H](Cc2ccccc2)C(=O)N[C@@H](CC(C)C)C(=O)N(C)[C@@H](CC(C)C)C(=O)N1C. The molecule has 12 atom stereocenters. The minimum Gasteiger partial charge on any atom is -0.496 e. The summed E-state index contributed by atoms with van der Waals surface area (Å²) in [6.45, 7) is 21.2. The molecule has 28 nitrogen and oxygen atoms in total. The molecule has 2 aliphatic heterocycles. The summed E-state index contributed by atoms with van der Waals surface area (Å²) in [5, 5.41) is 25.2. The molecule has 586 valence electrons. The van der Waals surface area contributed by atoms with Crippen LogP contribution in [-0.4, -0.2) is 271 Å². The first kappa shape index (κ1) is 88.7. The molecule has 0 bridgehead atoms.